The molecule has 7 nitrogen and oxygen atoms in total. The van der Waals surface area contributed by atoms with E-state index in [0.717, 1.165) is 16.1 Å². The van der Waals surface area contributed by atoms with Gasteiger partial charge in [0.05, 0.1) is 27.8 Å². The summed E-state index contributed by atoms with van der Waals surface area (Å²) in [6, 6.07) is 14.2. The summed E-state index contributed by atoms with van der Waals surface area (Å²) in [5, 5.41) is 13.8. The Morgan fingerprint density at radius 1 is 1.19 bits per heavy atom. The Morgan fingerprint density at radius 3 is 2.81 bits per heavy atom. The number of aromatic nitrogens is 5. The summed E-state index contributed by atoms with van der Waals surface area (Å²) in [7, 11) is 0. The maximum atomic E-state index is 13.0. The Balaban J connectivity index is 1.39. The van der Waals surface area contributed by atoms with Gasteiger partial charge in [0, 0.05) is 12.4 Å². The van der Waals surface area contributed by atoms with Crippen LogP contribution >= 0.6 is 27.3 Å². The van der Waals surface area contributed by atoms with Gasteiger partial charge >= 0.3 is 0 Å². The minimum atomic E-state index is -0.313. The summed E-state index contributed by atoms with van der Waals surface area (Å²) in [6.07, 6.45) is 5.07. The first-order chi connectivity index (χ1) is 15.1. The Morgan fingerprint density at radius 2 is 2.03 bits per heavy atom. The second-order valence-electron chi connectivity index (χ2n) is 7.06. The molecule has 0 unspecified atom stereocenters. The molecule has 9 heteroatoms. The lowest BCUT2D eigenvalue weighted by Crippen LogP contribution is -2.13. The molecular formula is C22H17BrN6OS. The summed E-state index contributed by atoms with van der Waals surface area (Å²) in [4.78, 5) is 18.4. The molecule has 0 atom stereocenters. The van der Waals surface area contributed by atoms with E-state index in [9.17, 15) is 4.79 Å². The standard InChI is InChI=1S/C22H17BrN6OS/c1-14-4-6-15(7-5-14)12-28-13-17(23)20(27-28)26-22(30)16-11-25-29-18(8-9-24-21(16)29)19-3-2-10-31-19/h2-11,13H,12H2,1H3,(H,26,27,30). The highest BCUT2D eigenvalue weighted by atomic mass is 79.9. The lowest BCUT2D eigenvalue weighted by Gasteiger charge is -2.04. The van der Waals surface area contributed by atoms with Crippen molar-refractivity contribution in [1.82, 2.24) is 24.4 Å². The number of thiophene rings is 1. The van der Waals surface area contributed by atoms with E-state index in [-0.39, 0.29) is 5.91 Å². The minimum absolute atomic E-state index is 0.313. The van der Waals surface area contributed by atoms with E-state index in [2.05, 4.69) is 67.6 Å². The van der Waals surface area contributed by atoms with Gasteiger partial charge in [-0.2, -0.15) is 10.2 Å². The average molecular weight is 493 g/mol. The molecule has 0 saturated carbocycles. The molecule has 1 N–H and O–H groups in total. The highest BCUT2D eigenvalue weighted by molar-refractivity contribution is 9.10. The van der Waals surface area contributed by atoms with Gasteiger partial charge in [-0.05, 0) is 45.9 Å². The maximum absolute atomic E-state index is 13.0. The number of aryl methyl sites for hydroxylation is 1. The SMILES string of the molecule is Cc1ccc(Cn2cc(Br)c(NC(=O)c3cnn4c(-c5cccs5)ccnc34)n2)cc1. The van der Waals surface area contributed by atoms with Crippen LogP contribution in [0.15, 0.2) is 70.9 Å². The van der Waals surface area contributed by atoms with Crippen LogP contribution < -0.4 is 5.32 Å². The van der Waals surface area contributed by atoms with Crippen LogP contribution in [0, 0.1) is 6.92 Å². The number of nitrogens with one attached hydrogen (secondary N) is 1. The fourth-order valence-electron chi connectivity index (χ4n) is 3.28. The van der Waals surface area contributed by atoms with Crippen LogP contribution in [0.3, 0.4) is 0 Å². The van der Waals surface area contributed by atoms with Gasteiger partial charge in [-0.15, -0.1) is 11.3 Å². The number of halogens is 1. The highest BCUT2D eigenvalue weighted by Crippen LogP contribution is 2.26. The molecule has 31 heavy (non-hydrogen) atoms. The van der Waals surface area contributed by atoms with Gasteiger partial charge in [0.1, 0.15) is 5.56 Å². The largest absolute Gasteiger partial charge is 0.304 e. The molecule has 0 aliphatic carbocycles. The fraction of sp³-hybridized carbons (Fsp3) is 0.0909. The third-order valence-corrected chi connectivity index (χ3v) is 6.31. The van der Waals surface area contributed by atoms with Crippen molar-refractivity contribution in [2.24, 2.45) is 0 Å². The van der Waals surface area contributed by atoms with Crippen LogP contribution in [0.5, 0.6) is 0 Å². The highest BCUT2D eigenvalue weighted by Gasteiger charge is 2.19. The number of hydrogen-bond acceptors (Lipinski definition) is 5. The van der Waals surface area contributed by atoms with Crippen LogP contribution in [0.2, 0.25) is 0 Å². The van der Waals surface area contributed by atoms with Crippen molar-refractivity contribution >= 4 is 44.6 Å². The summed E-state index contributed by atoms with van der Waals surface area (Å²) < 4.78 is 4.18. The second-order valence-corrected chi connectivity index (χ2v) is 8.87. The number of benzene rings is 1. The first-order valence-corrected chi connectivity index (χ1v) is 11.2. The maximum Gasteiger partial charge on any atom is 0.262 e. The van der Waals surface area contributed by atoms with Crippen LogP contribution in [0.4, 0.5) is 5.82 Å². The number of hydrogen-bond donors (Lipinski definition) is 1. The normalized spacial score (nSPS) is 11.2. The molecule has 0 spiro atoms. The Bertz CT molecular complexity index is 1370. The molecule has 1 aromatic carbocycles. The number of amides is 1. The Labute approximate surface area is 190 Å². The Kier molecular flexibility index (Phi) is 5.13. The second kappa shape index (κ2) is 8.09. The summed E-state index contributed by atoms with van der Waals surface area (Å²) in [5.74, 6) is 0.137. The van der Waals surface area contributed by atoms with Crippen molar-refractivity contribution < 1.29 is 4.79 Å². The van der Waals surface area contributed by atoms with Crippen LogP contribution in [0.25, 0.3) is 16.2 Å². The van der Waals surface area contributed by atoms with Gasteiger partial charge in [-0.25, -0.2) is 9.50 Å². The van der Waals surface area contributed by atoms with Gasteiger partial charge in [-0.1, -0.05) is 35.9 Å². The number of fused-ring (bicyclic) bond motifs is 1. The van der Waals surface area contributed by atoms with Crippen LogP contribution in [-0.2, 0) is 6.54 Å². The van der Waals surface area contributed by atoms with Crippen molar-refractivity contribution in [2.45, 2.75) is 13.5 Å². The molecule has 0 aliphatic heterocycles. The molecule has 0 fully saturated rings. The first-order valence-electron chi connectivity index (χ1n) is 9.55. The van der Waals surface area contributed by atoms with E-state index in [1.54, 1.807) is 26.7 Å². The smallest absolute Gasteiger partial charge is 0.262 e. The van der Waals surface area contributed by atoms with Gasteiger partial charge < -0.3 is 5.32 Å². The van der Waals surface area contributed by atoms with Crippen molar-refractivity contribution in [3.63, 3.8) is 0 Å². The number of anilines is 1. The van der Waals surface area contributed by atoms with Gasteiger partial charge in [0.25, 0.3) is 5.91 Å². The predicted octanol–water partition coefficient (Wildman–Crippen LogP) is 5.03. The summed E-state index contributed by atoms with van der Waals surface area (Å²) in [6.45, 7) is 2.66. The minimum Gasteiger partial charge on any atom is -0.304 e. The lowest BCUT2D eigenvalue weighted by molar-refractivity contribution is 0.102. The molecule has 5 aromatic rings. The van der Waals surface area contributed by atoms with E-state index in [1.807, 2.05) is 29.8 Å². The van der Waals surface area contributed by atoms with E-state index < -0.39 is 0 Å². The van der Waals surface area contributed by atoms with E-state index in [0.29, 0.717) is 28.0 Å². The Hall–Kier alpha value is -3.30. The van der Waals surface area contributed by atoms with Crippen molar-refractivity contribution in [3.05, 3.63) is 87.6 Å². The monoisotopic (exact) mass is 492 g/mol. The average Bonchev–Trinajstić information content (AvgIpc) is 3.50. The number of carbonyl (C=O) groups excluding carboxylic acids is 1. The van der Waals surface area contributed by atoms with Crippen molar-refractivity contribution in [2.75, 3.05) is 5.32 Å². The molecular weight excluding hydrogens is 476 g/mol. The zero-order chi connectivity index (χ0) is 21.4. The fourth-order valence-corrected chi connectivity index (χ4v) is 4.43. The van der Waals surface area contributed by atoms with Crippen molar-refractivity contribution in [3.8, 4) is 10.6 Å². The van der Waals surface area contributed by atoms with E-state index >= 15 is 0 Å². The zero-order valence-corrected chi connectivity index (χ0v) is 18.9. The topological polar surface area (TPSA) is 77.1 Å². The van der Waals surface area contributed by atoms with E-state index in [1.165, 1.54) is 11.8 Å². The zero-order valence-electron chi connectivity index (χ0n) is 16.5. The predicted molar refractivity (Wildman–Crippen MR) is 124 cm³/mol. The molecule has 0 saturated heterocycles. The molecule has 4 aromatic heterocycles. The number of carbonyl (C=O) groups is 1. The van der Waals surface area contributed by atoms with Gasteiger partial charge in [0.2, 0.25) is 0 Å². The molecule has 0 bridgehead atoms. The molecule has 0 radical (unpaired) electrons. The van der Waals surface area contributed by atoms with Gasteiger partial charge in [0.15, 0.2) is 11.5 Å². The third kappa shape index (κ3) is 3.89. The lowest BCUT2D eigenvalue weighted by atomic mass is 10.1. The molecule has 5 rings (SSSR count). The molecule has 154 valence electrons. The molecule has 1 amide bonds. The van der Waals surface area contributed by atoms with Crippen LogP contribution in [0.1, 0.15) is 21.5 Å². The third-order valence-electron chi connectivity index (χ3n) is 4.83. The van der Waals surface area contributed by atoms with E-state index in [4.69, 9.17) is 0 Å². The number of nitrogens with zero attached hydrogens (tertiary/aromatic N) is 5. The summed E-state index contributed by atoms with van der Waals surface area (Å²) >= 11 is 5.10. The quantitative estimate of drug-likeness (QED) is 0.373. The first kappa shape index (κ1) is 19.7. The van der Waals surface area contributed by atoms with Crippen LogP contribution in [-0.4, -0.2) is 30.3 Å². The van der Waals surface area contributed by atoms with Gasteiger partial charge in [-0.3, -0.25) is 9.48 Å². The molecule has 0 aliphatic rings. The molecule has 4 heterocycles. The summed E-state index contributed by atoms with van der Waals surface area (Å²) in [5.41, 5.74) is 4.12. The van der Waals surface area contributed by atoms with Crippen molar-refractivity contribution in [1.29, 1.82) is 0 Å². The number of rotatable bonds is 5.